The predicted octanol–water partition coefficient (Wildman–Crippen LogP) is 1.72. The lowest BCUT2D eigenvalue weighted by molar-refractivity contribution is -0.193. The first kappa shape index (κ1) is 12.9. The number of hydrogen-bond donors (Lipinski definition) is 2. The SMILES string of the molecule is Cc1ccc(OC(F)(F)C(=O)NN)c(Br)c1. The van der Waals surface area contributed by atoms with E-state index >= 15 is 0 Å². The van der Waals surface area contributed by atoms with Crippen LogP contribution in [0.1, 0.15) is 5.56 Å². The number of aryl methyl sites for hydroxylation is 1. The molecule has 1 aromatic carbocycles. The highest BCUT2D eigenvalue weighted by Gasteiger charge is 2.42. The van der Waals surface area contributed by atoms with Gasteiger partial charge in [0, 0.05) is 0 Å². The van der Waals surface area contributed by atoms with Gasteiger partial charge in [-0.25, -0.2) is 5.84 Å². The number of hydrazine groups is 1. The van der Waals surface area contributed by atoms with Crippen LogP contribution in [0.4, 0.5) is 8.78 Å². The van der Waals surface area contributed by atoms with Crippen molar-refractivity contribution in [1.82, 2.24) is 5.43 Å². The third-order valence-corrected chi connectivity index (χ3v) is 2.34. The Hall–Kier alpha value is -1.21. The second kappa shape index (κ2) is 4.75. The maximum absolute atomic E-state index is 13.0. The van der Waals surface area contributed by atoms with Crippen LogP contribution in [0.3, 0.4) is 0 Å². The number of amides is 1. The molecule has 7 heteroatoms. The van der Waals surface area contributed by atoms with Crippen LogP contribution in [0.15, 0.2) is 22.7 Å². The molecule has 3 N–H and O–H groups in total. The number of ether oxygens (including phenoxy) is 1. The molecule has 0 spiro atoms. The van der Waals surface area contributed by atoms with Gasteiger partial charge >= 0.3 is 12.0 Å². The van der Waals surface area contributed by atoms with Crippen LogP contribution in [-0.4, -0.2) is 12.0 Å². The third-order valence-electron chi connectivity index (χ3n) is 1.72. The molecule has 1 rings (SSSR count). The Morgan fingerprint density at radius 3 is 2.69 bits per heavy atom. The zero-order valence-corrected chi connectivity index (χ0v) is 9.85. The van der Waals surface area contributed by atoms with Gasteiger partial charge in [-0.1, -0.05) is 6.07 Å². The number of nitrogens with one attached hydrogen (secondary N) is 1. The Labute approximate surface area is 98.9 Å². The van der Waals surface area contributed by atoms with Gasteiger partial charge in [0.1, 0.15) is 5.75 Å². The van der Waals surface area contributed by atoms with Gasteiger partial charge in [0.05, 0.1) is 4.47 Å². The molecule has 0 aliphatic carbocycles. The Morgan fingerprint density at radius 2 is 2.19 bits per heavy atom. The molecule has 1 aromatic rings. The highest BCUT2D eigenvalue weighted by atomic mass is 79.9. The first-order chi connectivity index (χ1) is 7.36. The summed E-state index contributed by atoms with van der Waals surface area (Å²) in [4.78, 5) is 10.7. The van der Waals surface area contributed by atoms with Crippen molar-refractivity contribution in [3.8, 4) is 5.75 Å². The first-order valence-electron chi connectivity index (χ1n) is 4.21. The lowest BCUT2D eigenvalue weighted by Gasteiger charge is -2.16. The number of halogens is 3. The average molecular weight is 295 g/mol. The highest BCUT2D eigenvalue weighted by Crippen LogP contribution is 2.30. The molecule has 4 nitrogen and oxygen atoms in total. The minimum Gasteiger partial charge on any atom is -0.424 e. The monoisotopic (exact) mass is 294 g/mol. The van der Waals surface area contributed by atoms with Gasteiger partial charge in [-0.05, 0) is 40.5 Å². The van der Waals surface area contributed by atoms with E-state index in [4.69, 9.17) is 0 Å². The van der Waals surface area contributed by atoms with E-state index in [0.29, 0.717) is 4.47 Å². The van der Waals surface area contributed by atoms with Crippen molar-refractivity contribution < 1.29 is 18.3 Å². The summed E-state index contributed by atoms with van der Waals surface area (Å²) in [7, 11) is 0. The van der Waals surface area contributed by atoms with Gasteiger partial charge in [0.2, 0.25) is 0 Å². The molecule has 0 atom stereocenters. The number of hydrogen-bond acceptors (Lipinski definition) is 3. The Bertz CT molecular complexity index is 412. The Morgan fingerprint density at radius 1 is 1.56 bits per heavy atom. The van der Waals surface area contributed by atoms with Gasteiger partial charge < -0.3 is 4.74 Å². The summed E-state index contributed by atoms with van der Waals surface area (Å²) in [6, 6.07) is 4.50. The summed E-state index contributed by atoms with van der Waals surface area (Å²) in [5.41, 5.74) is 2.19. The van der Waals surface area contributed by atoms with E-state index in [1.54, 1.807) is 19.1 Å². The fourth-order valence-corrected chi connectivity index (χ4v) is 1.53. The van der Waals surface area contributed by atoms with Crippen molar-refractivity contribution in [3.05, 3.63) is 28.2 Å². The minimum absolute atomic E-state index is 0.140. The Kier molecular flexibility index (Phi) is 3.82. The number of benzene rings is 1. The van der Waals surface area contributed by atoms with E-state index in [9.17, 15) is 13.6 Å². The van der Waals surface area contributed by atoms with E-state index in [2.05, 4.69) is 26.5 Å². The normalized spacial score (nSPS) is 11.1. The standard InChI is InChI=1S/C9H9BrF2N2O2/c1-5-2-3-7(6(10)4-5)16-9(11,12)8(15)14-13/h2-4H,13H2,1H3,(H,14,15). The van der Waals surface area contributed by atoms with Crippen molar-refractivity contribution >= 4 is 21.8 Å². The van der Waals surface area contributed by atoms with Crippen LogP contribution in [0.2, 0.25) is 0 Å². The summed E-state index contributed by atoms with van der Waals surface area (Å²) in [6.07, 6.45) is -4.01. The molecule has 0 aliphatic heterocycles. The topological polar surface area (TPSA) is 64.3 Å². The molecule has 1 amide bonds. The van der Waals surface area contributed by atoms with Crippen LogP contribution >= 0.6 is 15.9 Å². The van der Waals surface area contributed by atoms with E-state index in [1.807, 2.05) is 0 Å². The van der Waals surface area contributed by atoms with Gasteiger partial charge in [0.15, 0.2) is 0 Å². The average Bonchev–Trinajstić information content (AvgIpc) is 2.21. The predicted molar refractivity (Wildman–Crippen MR) is 56.8 cm³/mol. The lowest BCUT2D eigenvalue weighted by atomic mass is 10.2. The van der Waals surface area contributed by atoms with Crippen LogP contribution in [0, 0.1) is 6.92 Å². The van der Waals surface area contributed by atoms with Gasteiger partial charge in [-0.15, -0.1) is 0 Å². The maximum Gasteiger partial charge on any atom is 0.483 e. The zero-order chi connectivity index (χ0) is 12.3. The molecule has 0 aromatic heterocycles. The van der Waals surface area contributed by atoms with Crippen LogP contribution < -0.4 is 16.0 Å². The molecule has 0 heterocycles. The number of carbonyl (C=O) groups is 1. The van der Waals surface area contributed by atoms with Crippen LogP contribution in [0.25, 0.3) is 0 Å². The van der Waals surface area contributed by atoms with Crippen molar-refractivity contribution in [1.29, 1.82) is 0 Å². The summed E-state index contributed by atoms with van der Waals surface area (Å²) >= 11 is 3.05. The second-order valence-corrected chi connectivity index (χ2v) is 3.88. The molecule has 0 fully saturated rings. The summed E-state index contributed by atoms with van der Waals surface area (Å²) in [5.74, 6) is 2.75. The van der Waals surface area contributed by atoms with Crippen LogP contribution in [-0.2, 0) is 4.79 Å². The minimum atomic E-state index is -4.01. The van der Waals surface area contributed by atoms with Crippen molar-refractivity contribution in [2.24, 2.45) is 5.84 Å². The van der Waals surface area contributed by atoms with E-state index < -0.39 is 12.0 Å². The summed E-state index contributed by atoms with van der Waals surface area (Å²) < 4.78 is 30.7. The molecular formula is C9H9BrF2N2O2. The molecule has 88 valence electrons. The zero-order valence-electron chi connectivity index (χ0n) is 8.26. The quantitative estimate of drug-likeness (QED) is 0.507. The van der Waals surface area contributed by atoms with Crippen molar-refractivity contribution in [2.45, 2.75) is 13.0 Å². The fourth-order valence-electron chi connectivity index (χ4n) is 0.957. The highest BCUT2D eigenvalue weighted by molar-refractivity contribution is 9.10. The molecule has 16 heavy (non-hydrogen) atoms. The number of rotatable bonds is 3. The van der Waals surface area contributed by atoms with Crippen molar-refractivity contribution in [3.63, 3.8) is 0 Å². The molecule has 0 bridgehead atoms. The Balaban J connectivity index is 2.92. The number of carbonyl (C=O) groups excluding carboxylic acids is 1. The fraction of sp³-hybridized carbons (Fsp3) is 0.222. The molecule has 0 aliphatic rings. The molecule has 0 saturated heterocycles. The van der Waals surface area contributed by atoms with Crippen LogP contribution in [0.5, 0.6) is 5.75 Å². The first-order valence-corrected chi connectivity index (χ1v) is 5.00. The molecule has 0 saturated carbocycles. The molecule has 0 unspecified atom stereocenters. The molecular weight excluding hydrogens is 286 g/mol. The molecule has 0 radical (unpaired) electrons. The van der Waals surface area contributed by atoms with Gasteiger partial charge in [0.25, 0.3) is 0 Å². The summed E-state index contributed by atoms with van der Waals surface area (Å²) in [5, 5.41) is 0. The lowest BCUT2D eigenvalue weighted by Crippen LogP contribution is -2.47. The summed E-state index contributed by atoms with van der Waals surface area (Å²) in [6.45, 7) is 1.79. The van der Waals surface area contributed by atoms with Crippen molar-refractivity contribution in [2.75, 3.05) is 0 Å². The van der Waals surface area contributed by atoms with Gasteiger partial charge in [-0.2, -0.15) is 8.78 Å². The number of alkyl halides is 2. The smallest absolute Gasteiger partial charge is 0.424 e. The maximum atomic E-state index is 13.0. The van der Waals surface area contributed by atoms with Gasteiger partial charge in [-0.3, -0.25) is 10.2 Å². The van der Waals surface area contributed by atoms with E-state index in [0.717, 1.165) is 5.56 Å². The van der Waals surface area contributed by atoms with E-state index in [1.165, 1.54) is 11.5 Å². The largest absolute Gasteiger partial charge is 0.483 e. The second-order valence-electron chi connectivity index (χ2n) is 3.03. The third kappa shape index (κ3) is 2.89. The van der Waals surface area contributed by atoms with E-state index in [-0.39, 0.29) is 5.75 Å². The number of nitrogens with two attached hydrogens (primary N) is 1.